The van der Waals surface area contributed by atoms with E-state index in [-0.39, 0.29) is 23.1 Å². The summed E-state index contributed by atoms with van der Waals surface area (Å²) in [6, 6.07) is 1.95. The molecule has 0 radical (unpaired) electrons. The lowest BCUT2D eigenvalue weighted by molar-refractivity contribution is 0.0936. The van der Waals surface area contributed by atoms with E-state index in [9.17, 15) is 9.59 Å². The highest BCUT2D eigenvalue weighted by atomic mass is 16.2. The molecular formula is C15H22N2O2. The summed E-state index contributed by atoms with van der Waals surface area (Å²) in [6.07, 6.45) is 6.19. The molecular weight excluding hydrogens is 240 g/mol. The molecule has 0 spiro atoms. The standard InChI is InChI=1S/C15H22N2O2/c1-3-6-13-10(2)9-12(15(19)17-13)14(18)16-11-7-4-5-8-11/h9,11H,3-8H2,1-2H3,(H,16,18)(H,17,19). The lowest BCUT2D eigenvalue weighted by Crippen LogP contribution is -2.36. The van der Waals surface area contributed by atoms with E-state index >= 15 is 0 Å². The van der Waals surface area contributed by atoms with E-state index in [1.807, 2.05) is 6.92 Å². The normalized spacial score (nSPS) is 15.7. The van der Waals surface area contributed by atoms with Crippen LogP contribution in [0.4, 0.5) is 0 Å². The second-order valence-electron chi connectivity index (χ2n) is 5.38. The summed E-state index contributed by atoms with van der Waals surface area (Å²) < 4.78 is 0. The van der Waals surface area contributed by atoms with Gasteiger partial charge in [-0.3, -0.25) is 9.59 Å². The topological polar surface area (TPSA) is 62.0 Å². The maximum atomic E-state index is 12.1. The highest BCUT2D eigenvalue weighted by molar-refractivity contribution is 5.94. The van der Waals surface area contributed by atoms with Crippen molar-refractivity contribution in [3.8, 4) is 0 Å². The summed E-state index contributed by atoms with van der Waals surface area (Å²) in [4.78, 5) is 26.9. The summed E-state index contributed by atoms with van der Waals surface area (Å²) >= 11 is 0. The van der Waals surface area contributed by atoms with Crippen molar-refractivity contribution in [3.63, 3.8) is 0 Å². The van der Waals surface area contributed by atoms with Gasteiger partial charge in [0, 0.05) is 11.7 Å². The Morgan fingerprint density at radius 2 is 2.11 bits per heavy atom. The number of aromatic amines is 1. The predicted molar refractivity (Wildman–Crippen MR) is 75.5 cm³/mol. The molecule has 4 heteroatoms. The van der Waals surface area contributed by atoms with Crippen LogP contribution in [0.15, 0.2) is 10.9 Å². The van der Waals surface area contributed by atoms with Gasteiger partial charge in [-0.05, 0) is 37.8 Å². The van der Waals surface area contributed by atoms with E-state index in [4.69, 9.17) is 0 Å². The van der Waals surface area contributed by atoms with Crippen molar-refractivity contribution in [1.82, 2.24) is 10.3 Å². The molecule has 1 aromatic rings. The minimum Gasteiger partial charge on any atom is -0.349 e. The van der Waals surface area contributed by atoms with Crippen LogP contribution in [0.1, 0.15) is 60.6 Å². The zero-order chi connectivity index (χ0) is 13.8. The van der Waals surface area contributed by atoms with Gasteiger partial charge in [0.2, 0.25) is 0 Å². The van der Waals surface area contributed by atoms with Crippen LogP contribution in [0.5, 0.6) is 0 Å². The third-order valence-corrected chi connectivity index (χ3v) is 3.78. The molecule has 1 heterocycles. The minimum absolute atomic E-state index is 0.237. The quantitative estimate of drug-likeness (QED) is 0.874. The summed E-state index contributed by atoms with van der Waals surface area (Å²) in [5.41, 5.74) is 1.89. The Bertz CT molecular complexity index is 513. The molecule has 1 aliphatic carbocycles. The van der Waals surface area contributed by atoms with Gasteiger partial charge in [-0.2, -0.15) is 0 Å². The van der Waals surface area contributed by atoms with Crippen molar-refractivity contribution >= 4 is 5.91 Å². The molecule has 0 unspecified atom stereocenters. The molecule has 0 saturated heterocycles. The van der Waals surface area contributed by atoms with E-state index in [1.165, 1.54) is 0 Å². The first-order valence-corrected chi connectivity index (χ1v) is 7.15. The van der Waals surface area contributed by atoms with Crippen LogP contribution in [-0.4, -0.2) is 16.9 Å². The van der Waals surface area contributed by atoms with Gasteiger partial charge < -0.3 is 10.3 Å². The Balaban J connectivity index is 2.17. The molecule has 2 rings (SSSR count). The van der Waals surface area contributed by atoms with Crippen molar-refractivity contribution in [1.29, 1.82) is 0 Å². The Morgan fingerprint density at radius 3 is 2.74 bits per heavy atom. The zero-order valence-electron chi connectivity index (χ0n) is 11.7. The SMILES string of the molecule is CCCc1[nH]c(=O)c(C(=O)NC2CCCC2)cc1C. The van der Waals surface area contributed by atoms with Gasteiger partial charge in [0.15, 0.2) is 0 Å². The fraction of sp³-hybridized carbons (Fsp3) is 0.600. The lowest BCUT2D eigenvalue weighted by atomic mass is 10.1. The van der Waals surface area contributed by atoms with Crippen molar-refractivity contribution < 1.29 is 4.79 Å². The van der Waals surface area contributed by atoms with Gasteiger partial charge in [0.25, 0.3) is 11.5 Å². The molecule has 0 atom stereocenters. The molecule has 0 bridgehead atoms. The largest absolute Gasteiger partial charge is 0.349 e. The number of hydrogen-bond acceptors (Lipinski definition) is 2. The van der Waals surface area contributed by atoms with Crippen LogP contribution in [0.3, 0.4) is 0 Å². The van der Waals surface area contributed by atoms with Gasteiger partial charge in [0.05, 0.1) is 0 Å². The first kappa shape index (κ1) is 13.8. The van der Waals surface area contributed by atoms with Gasteiger partial charge >= 0.3 is 0 Å². The van der Waals surface area contributed by atoms with Crippen LogP contribution < -0.4 is 10.9 Å². The Hall–Kier alpha value is -1.58. The van der Waals surface area contributed by atoms with Crippen LogP contribution in [0.25, 0.3) is 0 Å². The fourth-order valence-electron chi connectivity index (χ4n) is 2.68. The van der Waals surface area contributed by atoms with Gasteiger partial charge in [0.1, 0.15) is 5.56 Å². The number of carbonyl (C=O) groups is 1. The number of H-pyrrole nitrogens is 1. The van der Waals surface area contributed by atoms with Gasteiger partial charge in [-0.1, -0.05) is 26.2 Å². The maximum absolute atomic E-state index is 12.1. The van der Waals surface area contributed by atoms with Gasteiger partial charge in [-0.15, -0.1) is 0 Å². The number of nitrogens with one attached hydrogen (secondary N) is 2. The molecule has 2 N–H and O–H groups in total. The van der Waals surface area contributed by atoms with Gasteiger partial charge in [-0.25, -0.2) is 0 Å². The van der Waals surface area contributed by atoms with E-state index < -0.39 is 0 Å². The summed E-state index contributed by atoms with van der Waals surface area (Å²) in [6.45, 7) is 4.01. The molecule has 4 nitrogen and oxygen atoms in total. The fourth-order valence-corrected chi connectivity index (χ4v) is 2.68. The first-order valence-electron chi connectivity index (χ1n) is 7.15. The zero-order valence-corrected chi connectivity index (χ0v) is 11.7. The molecule has 0 aliphatic heterocycles. The number of aromatic nitrogens is 1. The van der Waals surface area contributed by atoms with Crippen molar-refractivity contribution in [3.05, 3.63) is 33.2 Å². The summed E-state index contributed by atoms with van der Waals surface area (Å²) in [5.74, 6) is -0.237. The lowest BCUT2D eigenvalue weighted by Gasteiger charge is -2.12. The molecule has 0 aromatic carbocycles. The number of aryl methyl sites for hydroxylation is 2. The van der Waals surface area contributed by atoms with Crippen LogP contribution >= 0.6 is 0 Å². The molecule has 1 aromatic heterocycles. The van der Waals surface area contributed by atoms with E-state index in [0.29, 0.717) is 0 Å². The number of hydrogen-bond donors (Lipinski definition) is 2. The third kappa shape index (κ3) is 3.25. The second-order valence-corrected chi connectivity index (χ2v) is 5.38. The number of amides is 1. The summed E-state index contributed by atoms with van der Waals surface area (Å²) in [7, 11) is 0. The highest BCUT2D eigenvalue weighted by Gasteiger charge is 2.20. The van der Waals surface area contributed by atoms with Crippen LogP contribution in [0.2, 0.25) is 0 Å². The predicted octanol–water partition coefficient (Wildman–Crippen LogP) is 2.31. The van der Waals surface area contributed by atoms with Crippen LogP contribution in [-0.2, 0) is 6.42 Å². The van der Waals surface area contributed by atoms with Crippen molar-refractivity contribution in [2.45, 2.75) is 58.4 Å². The number of rotatable bonds is 4. The molecule has 1 saturated carbocycles. The highest BCUT2D eigenvalue weighted by Crippen LogP contribution is 2.18. The first-order chi connectivity index (χ1) is 9.11. The second kappa shape index (κ2) is 6.04. The molecule has 1 aliphatic rings. The van der Waals surface area contributed by atoms with Crippen molar-refractivity contribution in [2.24, 2.45) is 0 Å². The third-order valence-electron chi connectivity index (χ3n) is 3.78. The Labute approximate surface area is 113 Å². The van der Waals surface area contributed by atoms with E-state index in [0.717, 1.165) is 49.8 Å². The number of carbonyl (C=O) groups excluding carboxylic acids is 1. The minimum atomic E-state index is -0.274. The smallest absolute Gasteiger partial charge is 0.261 e. The number of pyridine rings is 1. The van der Waals surface area contributed by atoms with E-state index in [1.54, 1.807) is 6.07 Å². The Morgan fingerprint density at radius 1 is 1.42 bits per heavy atom. The Kier molecular flexibility index (Phi) is 4.40. The molecule has 19 heavy (non-hydrogen) atoms. The van der Waals surface area contributed by atoms with Crippen LogP contribution in [0, 0.1) is 6.92 Å². The van der Waals surface area contributed by atoms with Crippen molar-refractivity contribution in [2.75, 3.05) is 0 Å². The molecule has 104 valence electrons. The average molecular weight is 262 g/mol. The summed E-state index contributed by atoms with van der Waals surface area (Å²) in [5, 5.41) is 2.96. The average Bonchev–Trinajstić information content (AvgIpc) is 2.86. The molecule has 1 amide bonds. The molecule has 1 fully saturated rings. The maximum Gasteiger partial charge on any atom is 0.261 e. The van der Waals surface area contributed by atoms with E-state index in [2.05, 4.69) is 17.2 Å². The monoisotopic (exact) mass is 262 g/mol.